The Morgan fingerprint density at radius 2 is 1.50 bits per heavy atom. The van der Waals surface area contributed by atoms with Crippen LogP contribution in [-0.4, -0.2) is 28.9 Å². The van der Waals surface area contributed by atoms with Crippen LogP contribution in [-0.2, 0) is 0 Å². The molecule has 0 bridgehead atoms. The van der Waals surface area contributed by atoms with E-state index < -0.39 is 0 Å². The third-order valence-electron chi connectivity index (χ3n) is 0.496. The zero-order valence-corrected chi connectivity index (χ0v) is 6.16. The maximum atomic E-state index is 2.86. The minimum Gasteiger partial charge on any atom is -0.368 e. The van der Waals surface area contributed by atoms with Gasteiger partial charge in [0.15, 0.2) is 0 Å². The molecule has 1 aromatic rings. The van der Waals surface area contributed by atoms with Gasteiger partial charge in [-0.25, -0.2) is 0 Å². The number of nitrogens with one attached hydrogen (secondary N) is 1. The van der Waals surface area contributed by atoms with E-state index in [0.717, 1.165) is 0 Å². The summed E-state index contributed by atoms with van der Waals surface area (Å²) in [5, 5.41) is 0. The molecule has 0 saturated heterocycles. The van der Waals surface area contributed by atoms with Crippen LogP contribution in [0.25, 0.3) is 0 Å². The summed E-state index contributed by atoms with van der Waals surface area (Å²) in [6.45, 7) is 0. The third kappa shape index (κ3) is 1.50. The molecule has 0 aliphatic heterocycles. The minimum absolute atomic E-state index is 0. The summed E-state index contributed by atoms with van der Waals surface area (Å²) in [6, 6.07) is 3.89. The Labute approximate surface area is 53.7 Å². The van der Waals surface area contributed by atoms with Crippen molar-refractivity contribution >= 4 is 23.9 Å². The van der Waals surface area contributed by atoms with Crippen molar-refractivity contribution in [3.63, 3.8) is 0 Å². The van der Waals surface area contributed by atoms with Crippen LogP contribution >= 0.6 is 0 Å². The van der Waals surface area contributed by atoms with Crippen molar-refractivity contribution in [1.82, 2.24) is 4.98 Å². The van der Waals surface area contributed by atoms with E-state index in [2.05, 4.69) is 4.98 Å². The summed E-state index contributed by atoms with van der Waals surface area (Å²) in [6.07, 6.45) is 3.75. The Kier molecular flexibility index (Phi) is 3.32. The molecule has 30 valence electrons. The molecular weight excluding hydrogens is 181 g/mol. The van der Waals surface area contributed by atoms with Crippen molar-refractivity contribution < 1.29 is 0 Å². The normalized spacial score (nSPS) is 6.67. The Bertz CT molecular complexity index is 64.0. The van der Waals surface area contributed by atoms with Crippen LogP contribution in [0.15, 0.2) is 24.5 Å². The minimum atomic E-state index is 0. The quantitative estimate of drug-likeness (QED) is 0.571. The first-order valence-corrected chi connectivity index (χ1v) is 1.58. The largest absolute Gasteiger partial charge is 0.368 e. The Balaban J connectivity index is 0.000000250. The second-order valence-electron chi connectivity index (χ2n) is 0.885. The second kappa shape index (κ2) is 3.28. The molecule has 0 aromatic carbocycles. The van der Waals surface area contributed by atoms with Crippen LogP contribution < -0.4 is 0 Å². The summed E-state index contributed by atoms with van der Waals surface area (Å²) in [7, 11) is 0. The van der Waals surface area contributed by atoms with E-state index in [1.165, 1.54) is 0 Å². The maximum absolute atomic E-state index is 2.86. The van der Waals surface area contributed by atoms with E-state index >= 15 is 0 Å². The van der Waals surface area contributed by atoms with Crippen molar-refractivity contribution in [2.24, 2.45) is 0 Å². The van der Waals surface area contributed by atoms with Gasteiger partial charge >= 0.3 is 0 Å². The number of H-pyrrole nitrogens is 1. The maximum Gasteiger partial charge on any atom is 0.000496 e. The predicted octanol–water partition coefficient (Wildman–Crippen LogP) is 0.634. The predicted molar refractivity (Wildman–Crippen MR) is 26.5 cm³/mol. The van der Waals surface area contributed by atoms with Gasteiger partial charge in [-0.3, -0.25) is 0 Å². The average molecular weight is 186 g/mol. The molecule has 1 rings (SSSR count). The van der Waals surface area contributed by atoms with Crippen molar-refractivity contribution in [3.8, 4) is 0 Å². The summed E-state index contributed by atoms with van der Waals surface area (Å²) in [4.78, 5) is 2.86. The molecule has 1 aromatic heterocycles. The van der Waals surface area contributed by atoms with E-state index in [4.69, 9.17) is 0 Å². The van der Waals surface area contributed by atoms with Crippen LogP contribution in [0.2, 0.25) is 0 Å². The van der Waals surface area contributed by atoms with Gasteiger partial charge < -0.3 is 4.98 Å². The fourth-order valence-electron chi connectivity index (χ4n) is 0.278. The number of aromatic amines is 1. The summed E-state index contributed by atoms with van der Waals surface area (Å²) < 4.78 is 0. The zero-order valence-electron chi connectivity index (χ0n) is 3.31. The van der Waals surface area contributed by atoms with Crippen LogP contribution in [0.5, 0.6) is 0 Å². The first kappa shape index (κ1) is 6.08. The van der Waals surface area contributed by atoms with Gasteiger partial charge in [0.1, 0.15) is 0 Å². The number of aromatic nitrogens is 1. The van der Waals surface area contributed by atoms with Crippen molar-refractivity contribution in [2.75, 3.05) is 0 Å². The molecule has 0 unspecified atom stereocenters. The first-order valence-electron chi connectivity index (χ1n) is 1.58. The van der Waals surface area contributed by atoms with Gasteiger partial charge in [0.05, 0.1) is 0 Å². The van der Waals surface area contributed by atoms with E-state index in [9.17, 15) is 0 Å². The fraction of sp³-hybridized carbons (Fsp3) is 0. The molecule has 0 fully saturated rings. The number of rotatable bonds is 0. The van der Waals surface area contributed by atoms with Gasteiger partial charge in [0.2, 0.25) is 0 Å². The summed E-state index contributed by atoms with van der Waals surface area (Å²) >= 11 is 0. The Morgan fingerprint density at radius 1 is 1.00 bits per heavy atom. The van der Waals surface area contributed by atoms with Crippen LogP contribution in [0, 0.1) is 0 Å². The molecule has 6 heavy (non-hydrogen) atoms. The standard InChI is InChI=1S/C4H5N.Sn/c1-2-4-5-3-1;/h1-5H;. The molecule has 1 heterocycles. The number of hydrogen-bond donors (Lipinski definition) is 1. The Morgan fingerprint density at radius 3 is 1.67 bits per heavy atom. The fourth-order valence-corrected chi connectivity index (χ4v) is 0.278. The summed E-state index contributed by atoms with van der Waals surface area (Å²) in [5.41, 5.74) is 0. The molecule has 4 radical (unpaired) electrons. The van der Waals surface area contributed by atoms with Gasteiger partial charge in [0, 0.05) is 36.3 Å². The molecular formula is C4H5NSn. The van der Waals surface area contributed by atoms with Gasteiger partial charge in [-0.2, -0.15) is 0 Å². The third-order valence-corrected chi connectivity index (χ3v) is 0.496. The van der Waals surface area contributed by atoms with Gasteiger partial charge in [-0.1, -0.05) is 0 Å². The molecule has 0 aliphatic rings. The SMILES string of the molecule is [Sn].c1cc[nH]c1. The van der Waals surface area contributed by atoms with Crippen molar-refractivity contribution in [3.05, 3.63) is 24.5 Å². The number of hydrogen-bond acceptors (Lipinski definition) is 0. The zero-order chi connectivity index (χ0) is 3.54. The monoisotopic (exact) mass is 187 g/mol. The molecule has 0 saturated carbocycles. The van der Waals surface area contributed by atoms with Crippen molar-refractivity contribution in [2.45, 2.75) is 0 Å². The molecule has 1 nitrogen and oxygen atoms in total. The van der Waals surface area contributed by atoms with Gasteiger partial charge in [0.25, 0.3) is 0 Å². The van der Waals surface area contributed by atoms with Gasteiger partial charge in [-0.05, 0) is 12.1 Å². The molecule has 0 amide bonds. The van der Waals surface area contributed by atoms with Gasteiger partial charge in [-0.15, -0.1) is 0 Å². The molecule has 1 N–H and O–H groups in total. The smallest absolute Gasteiger partial charge is 0.000496 e. The molecule has 0 atom stereocenters. The van der Waals surface area contributed by atoms with E-state index in [-0.39, 0.29) is 23.9 Å². The van der Waals surface area contributed by atoms with E-state index in [1.807, 2.05) is 24.5 Å². The van der Waals surface area contributed by atoms with Crippen LogP contribution in [0.4, 0.5) is 0 Å². The molecule has 2 heteroatoms. The Hall–Kier alpha value is 0.0787. The molecule has 0 aliphatic carbocycles. The van der Waals surface area contributed by atoms with Crippen LogP contribution in [0.1, 0.15) is 0 Å². The molecule has 0 spiro atoms. The summed E-state index contributed by atoms with van der Waals surface area (Å²) in [5.74, 6) is 0. The van der Waals surface area contributed by atoms with E-state index in [1.54, 1.807) is 0 Å². The first-order chi connectivity index (χ1) is 2.50. The second-order valence-corrected chi connectivity index (χ2v) is 0.885. The van der Waals surface area contributed by atoms with Crippen molar-refractivity contribution in [1.29, 1.82) is 0 Å². The van der Waals surface area contributed by atoms with Crippen LogP contribution in [0.3, 0.4) is 0 Å². The average Bonchev–Trinajstić information content (AvgIpc) is 1.76. The van der Waals surface area contributed by atoms with E-state index in [0.29, 0.717) is 0 Å². The topological polar surface area (TPSA) is 15.8 Å².